The van der Waals surface area contributed by atoms with E-state index >= 15 is 0 Å². The molecule has 2 aliphatic heterocycles. The summed E-state index contributed by atoms with van der Waals surface area (Å²) in [6.07, 6.45) is 2.71. The number of aromatic carboxylic acids is 1. The Morgan fingerprint density at radius 1 is 0.453 bits per heavy atom. The lowest BCUT2D eigenvalue weighted by molar-refractivity contribution is -0.156. The number of nitrogens with two attached hydrogens (primary N) is 1. The number of nitrogens with zero attached hydrogens (tertiary/aromatic N) is 8. The molecule has 0 spiro atoms. The van der Waals surface area contributed by atoms with Crippen molar-refractivity contribution >= 4 is 83.1 Å². The predicted octanol–water partition coefficient (Wildman–Crippen LogP) is 16.8. The third kappa shape index (κ3) is 43.1. The highest BCUT2D eigenvalue weighted by Gasteiger charge is 2.39. The van der Waals surface area contributed by atoms with Crippen molar-refractivity contribution in [3.63, 3.8) is 0 Å². The van der Waals surface area contributed by atoms with Crippen LogP contribution in [0.2, 0.25) is 0 Å². The van der Waals surface area contributed by atoms with Crippen molar-refractivity contribution in [2.45, 2.75) is 253 Å². The van der Waals surface area contributed by atoms with Gasteiger partial charge in [-0.25, -0.2) is 19.2 Å². The van der Waals surface area contributed by atoms with Crippen molar-refractivity contribution < 1.29 is 117 Å². The molecule has 8 rings (SSSR count). The first-order valence-electron chi connectivity index (χ1n) is 42.1. The summed E-state index contributed by atoms with van der Waals surface area (Å²) in [6, 6.07) is 23.4. The molecule has 4 heterocycles. The van der Waals surface area contributed by atoms with Gasteiger partial charge in [-0.15, -0.1) is 0 Å². The molecule has 0 bridgehead atoms. The molecule has 3 amide bonds. The van der Waals surface area contributed by atoms with Crippen LogP contribution in [0.3, 0.4) is 0 Å². The van der Waals surface area contributed by atoms with Gasteiger partial charge in [0.25, 0.3) is 5.91 Å². The summed E-state index contributed by atoms with van der Waals surface area (Å²) in [7, 11) is 2.54. The van der Waals surface area contributed by atoms with Gasteiger partial charge in [0.15, 0.2) is 13.2 Å². The van der Waals surface area contributed by atoms with Crippen LogP contribution < -0.4 is 51.3 Å². The van der Waals surface area contributed by atoms with Crippen LogP contribution in [0.1, 0.15) is 225 Å². The van der Waals surface area contributed by atoms with Gasteiger partial charge in [0.2, 0.25) is 23.8 Å². The SMILES string of the molecule is C.CC(C)(C)OC(=O)CCCCCCCOc1ccc(CNc2nc(Nc3ccc(C(=O)O)cc3)nc(OCC(F)(F)F)n2)cc1.COC(=O)C(N)C1CCCN(C(=O)OC(C)(C)C)C1.COC(=O)C(NC(=O)c1ccc(Nc2nc(NCc3ccc(OCCCCCCCC(=O)OC(C)(C)C)cc3)nc(OCC(F)(F)F)n2)cc1)C1CCCN(C(=O)OC(C)(C)C)C1. The van der Waals surface area contributed by atoms with Crippen molar-refractivity contribution in [3.8, 4) is 23.5 Å². The Labute approximate surface area is 743 Å². The lowest BCUT2D eigenvalue weighted by Gasteiger charge is -2.36. The number of nitrogens with one attached hydrogen (secondary N) is 5. The van der Waals surface area contributed by atoms with Crippen LogP contribution in [-0.4, -0.2) is 206 Å². The number of halogens is 6. The molecule has 8 N–H and O–H groups in total. The highest BCUT2D eigenvalue weighted by Crippen LogP contribution is 2.29. The third-order valence-electron chi connectivity index (χ3n) is 18.3. The van der Waals surface area contributed by atoms with Crippen molar-refractivity contribution in [3.05, 3.63) is 119 Å². The van der Waals surface area contributed by atoms with Gasteiger partial charge in [0, 0.05) is 80.9 Å². The largest absolute Gasteiger partial charge is 0.494 e. The first-order valence-corrected chi connectivity index (χ1v) is 42.1. The number of alkyl halides is 6. The molecule has 0 radical (unpaired) electrons. The van der Waals surface area contributed by atoms with Crippen LogP contribution in [0, 0.1) is 11.8 Å². The Morgan fingerprint density at radius 2 is 0.812 bits per heavy atom. The second-order valence-electron chi connectivity index (χ2n) is 34.1. The van der Waals surface area contributed by atoms with E-state index in [4.69, 9.17) is 53.5 Å². The van der Waals surface area contributed by atoms with Crippen molar-refractivity contribution in [2.75, 3.05) is 88.1 Å². The molecule has 708 valence electrons. The molecule has 2 aliphatic rings. The van der Waals surface area contributed by atoms with E-state index in [0.717, 1.165) is 88.2 Å². The standard InChI is InChI=1S/C44H60F3N7O9.C31H38F3N5O6.C13H24N2O4.CH4/c1-42(2,3)62-34(55)15-11-9-8-10-12-25-60-33-22-16-29(17-23-33)26-48-38-51-39(53-40(52-38)61-28-44(45,46)47)49-32-20-18-30(19-21-32)36(56)50-35(37(57)59-7)31-14-13-24-54(27-31)41(58)63-43(4,5)6;1-30(2,3)45-25(40)9-7-5-4-6-8-18-43-24-16-10-21(11-17-24)19-35-27-37-28(39-29(38-27)44-20-31(32,33)34)36-23-14-12-22(13-15-23)26(41)42;1-13(2,3)19-12(17)15-7-5-6-9(8-15)10(14)11(16)18-4;/h16-23,31,35H,8-15,24-28H2,1-7H3,(H,50,56)(H2,48,49,51,52,53);10-17H,4-9,18-20H2,1-3H3,(H,41,42)(H2,35,36,37,38,39);9-10H,5-8,14H2,1-4H3;1H4. The number of unbranched alkanes of at least 4 members (excludes halogenated alkanes) is 8. The van der Waals surface area contributed by atoms with Crippen LogP contribution in [0.5, 0.6) is 23.5 Å². The second-order valence-corrected chi connectivity index (χ2v) is 34.1. The van der Waals surface area contributed by atoms with Gasteiger partial charge in [0.05, 0.1) is 33.0 Å². The van der Waals surface area contributed by atoms with E-state index in [9.17, 15) is 64.7 Å². The van der Waals surface area contributed by atoms with E-state index in [1.54, 1.807) is 25.7 Å². The number of esters is 4. The van der Waals surface area contributed by atoms with Gasteiger partial charge in [-0.3, -0.25) is 19.2 Å². The lowest BCUT2D eigenvalue weighted by Crippen LogP contribution is -2.53. The van der Waals surface area contributed by atoms with Crippen LogP contribution in [0.25, 0.3) is 0 Å². The smallest absolute Gasteiger partial charge is 0.422 e. The van der Waals surface area contributed by atoms with Gasteiger partial charge in [-0.1, -0.05) is 70.2 Å². The zero-order valence-electron chi connectivity index (χ0n) is 74.7. The third-order valence-corrected chi connectivity index (χ3v) is 18.3. The number of amides is 3. The normalized spacial score (nSPS) is 14.6. The molecule has 0 aliphatic carbocycles. The zero-order valence-corrected chi connectivity index (χ0v) is 74.7. The fourth-order valence-corrected chi connectivity index (χ4v) is 12.4. The first kappa shape index (κ1) is 107. The minimum Gasteiger partial charge on any atom is -0.494 e. The molecule has 39 heteroatoms. The minimum atomic E-state index is -4.64. The van der Waals surface area contributed by atoms with Crippen molar-refractivity contribution in [1.29, 1.82) is 0 Å². The molecule has 2 aromatic heterocycles. The molecule has 4 aromatic carbocycles. The summed E-state index contributed by atoms with van der Waals surface area (Å²) in [5.41, 5.74) is 6.39. The number of likely N-dealkylation sites (tertiary alicyclic amines) is 2. The molecular weight excluding hydrogens is 1680 g/mol. The zero-order chi connectivity index (χ0) is 93.7. The average Bonchev–Trinajstić information content (AvgIpc) is 0.844. The van der Waals surface area contributed by atoms with Crippen LogP contribution in [0.4, 0.5) is 71.1 Å². The second kappa shape index (κ2) is 51.3. The van der Waals surface area contributed by atoms with Crippen molar-refractivity contribution in [2.24, 2.45) is 17.6 Å². The van der Waals surface area contributed by atoms with E-state index in [2.05, 4.69) is 61.2 Å². The van der Waals surface area contributed by atoms with Gasteiger partial charge in [-0.05, 0) is 218 Å². The monoisotopic (exact) mass is 1810 g/mol. The molecular formula is C89H126F6N14O19. The summed E-state index contributed by atoms with van der Waals surface area (Å²) < 4.78 is 130. The Hall–Kier alpha value is -11.8. The number of hydrogen-bond donors (Lipinski definition) is 7. The van der Waals surface area contributed by atoms with E-state index in [-0.39, 0.29) is 85.9 Å². The number of benzene rings is 4. The Kier molecular flexibility index (Phi) is 42.7. The van der Waals surface area contributed by atoms with E-state index in [1.165, 1.54) is 67.7 Å². The van der Waals surface area contributed by atoms with Crippen LogP contribution in [0.15, 0.2) is 97.1 Å². The number of ether oxygens (including phenoxy) is 10. The molecule has 0 saturated carbocycles. The highest BCUT2D eigenvalue weighted by molar-refractivity contribution is 5.97. The van der Waals surface area contributed by atoms with Gasteiger partial charge in [0.1, 0.15) is 46.0 Å². The number of methoxy groups -OCH3 is 2. The van der Waals surface area contributed by atoms with E-state index in [0.29, 0.717) is 81.4 Å². The molecule has 33 nitrogen and oxygen atoms in total. The number of carboxylic acid groups (broad SMARTS) is 1. The summed E-state index contributed by atoms with van der Waals surface area (Å²) in [5, 5.41) is 23.5. The summed E-state index contributed by atoms with van der Waals surface area (Å²) in [5.74, 6) is -2.55. The predicted molar refractivity (Wildman–Crippen MR) is 466 cm³/mol. The molecule has 6 aromatic rings. The Balaban J connectivity index is 0.000000386. The highest BCUT2D eigenvalue weighted by atomic mass is 19.4. The fourth-order valence-electron chi connectivity index (χ4n) is 12.4. The number of carboxylic acids is 1. The summed E-state index contributed by atoms with van der Waals surface area (Å²) >= 11 is 0. The van der Waals surface area contributed by atoms with Crippen LogP contribution in [-0.2, 0) is 60.7 Å². The fraction of sp³-hybridized carbons (Fsp3) is 0.573. The van der Waals surface area contributed by atoms with Crippen LogP contribution >= 0.6 is 0 Å². The molecule has 4 atom stereocenters. The quantitative estimate of drug-likeness (QED) is 0.00815. The van der Waals surface area contributed by atoms with Gasteiger partial charge >= 0.3 is 66.4 Å². The number of piperidine rings is 2. The number of rotatable bonds is 39. The van der Waals surface area contributed by atoms with Gasteiger partial charge < -0.3 is 94.6 Å². The maximum absolute atomic E-state index is 13.4. The number of hydrogen-bond acceptors (Lipinski definition) is 29. The Bertz CT molecular complexity index is 4450. The summed E-state index contributed by atoms with van der Waals surface area (Å²) in [4.78, 5) is 124. The summed E-state index contributed by atoms with van der Waals surface area (Å²) in [6.45, 7) is 21.9. The number of aromatic nitrogens is 6. The molecule has 2 saturated heterocycles. The maximum Gasteiger partial charge on any atom is 0.422 e. The maximum atomic E-state index is 13.4. The number of anilines is 6. The van der Waals surface area contributed by atoms with Gasteiger partial charge in [-0.2, -0.15) is 56.2 Å². The van der Waals surface area contributed by atoms with E-state index < -0.39 is 108 Å². The molecule has 2 fully saturated rings. The lowest BCUT2D eigenvalue weighted by atomic mass is 9.90. The molecule has 4 unspecified atom stereocenters. The van der Waals surface area contributed by atoms with E-state index in [1.807, 2.05) is 111 Å². The number of carbonyl (C=O) groups excluding carboxylic acids is 7. The molecule has 128 heavy (non-hydrogen) atoms. The first-order chi connectivity index (χ1) is 59.7. The number of carbonyl (C=O) groups is 8. The topological polar surface area (TPSA) is 419 Å². The van der Waals surface area contributed by atoms with Crippen molar-refractivity contribution in [1.82, 2.24) is 45.0 Å². The Morgan fingerprint density at radius 3 is 1.19 bits per heavy atom. The minimum absolute atomic E-state index is 0. The average molecular weight is 1810 g/mol.